The highest BCUT2D eigenvalue weighted by atomic mass is 31.2. The van der Waals surface area contributed by atoms with E-state index in [0.717, 1.165) is 11.1 Å². The second-order valence-corrected chi connectivity index (χ2v) is 5.62. The Bertz CT molecular complexity index is 559. The van der Waals surface area contributed by atoms with Crippen LogP contribution < -0.4 is 0 Å². The van der Waals surface area contributed by atoms with Gasteiger partial charge in [-0.15, -0.1) is 0 Å². The highest BCUT2D eigenvalue weighted by Gasteiger charge is 2.27. The van der Waals surface area contributed by atoms with Crippen LogP contribution >= 0.6 is 7.60 Å². The van der Waals surface area contributed by atoms with Crippen molar-refractivity contribution in [1.29, 1.82) is 0 Å². The van der Waals surface area contributed by atoms with Crippen LogP contribution in [0.15, 0.2) is 54.6 Å². The molecule has 2 rings (SSSR count). The molecule has 0 bridgehead atoms. The minimum absolute atomic E-state index is 0.211. The predicted molar refractivity (Wildman–Crippen MR) is 68.9 cm³/mol. The molecular weight excluding hydrogens is 251 g/mol. The van der Waals surface area contributed by atoms with Crippen molar-refractivity contribution in [2.24, 2.45) is 0 Å². The SMILES string of the molecule is O=P(O)(O)[C@H](O)c1ccc(-c2ccccc2)cc1. The molecule has 0 spiro atoms. The summed E-state index contributed by atoms with van der Waals surface area (Å²) in [6, 6.07) is 16.1. The largest absolute Gasteiger partial charge is 0.376 e. The first-order chi connectivity index (χ1) is 8.48. The smallest absolute Gasteiger partial charge is 0.358 e. The Kier molecular flexibility index (Phi) is 3.64. The zero-order valence-corrected chi connectivity index (χ0v) is 10.4. The minimum atomic E-state index is -4.51. The molecule has 3 N–H and O–H groups in total. The summed E-state index contributed by atoms with van der Waals surface area (Å²) >= 11 is 0. The summed E-state index contributed by atoms with van der Waals surface area (Å²) in [6.45, 7) is 0. The summed E-state index contributed by atoms with van der Waals surface area (Å²) in [7, 11) is -4.51. The summed E-state index contributed by atoms with van der Waals surface area (Å²) in [6.07, 6.45) is 0. The van der Waals surface area contributed by atoms with Crippen LogP contribution in [-0.2, 0) is 4.57 Å². The molecule has 0 saturated carbocycles. The van der Waals surface area contributed by atoms with E-state index < -0.39 is 13.4 Å². The van der Waals surface area contributed by atoms with E-state index in [-0.39, 0.29) is 5.56 Å². The van der Waals surface area contributed by atoms with Gasteiger partial charge in [-0.2, -0.15) is 0 Å². The fourth-order valence-corrected chi connectivity index (χ4v) is 2.23. The number of rotatable bonds is 3. The van der Waals surface area contributed by atoms with Crippen molar-refractivity contribution >= 4 is 7.60 Å². The van der Waals surface area contributed by atoms with Gasteiger partial charge >= 0.3 is 7.60 Å². The molecule has 0 amide bonds. The summed E-state index contributed by atoms with van der Waals surface area (Å²) in [4.78, 5) is 17.8. The van der Waals surface area contributed by atoms with E-state index in [1.165, 1.54) is 12.1 Å². The van der Waals surface area contributed by atoms with Gasteiger partial charge in [0.1, 0.15) is 0 Å². The molecule has 94 valence electrons. The number of hydrogen-bond donors (Lipinski definition) is 3. The lowest BCUT2D eigenvalue weighted by atomic mass is 10.0. The molecule has 0 saturated heterocycles. The Morgan fingerprint density at radius 2 is 1.33 bits per heavy atom. The van der Waals surface area contributed by atoms with Crippen LogP contribution in [-0.4, -0.2) is 14.9 Å². The van der Waals surface area contributed by atoms with Crippen LogP contribution in [0, 0.1) is 0 Å². The maximum atomic E-state index is 10.9. The van der Waals surface area contributed by atoms with E-state index in [9.17, 15) is 9.67 Å². The number of aliphatic hydroxyl groups excluding tert-OH is 1. The molecule has 0 aliphatic carbocycles. The minimum Gasteiger partial charge on any atom is -0.376 e. The second-order valence-electron chi connectivity index (χ2n) is 3.95. The molecule has 0 aliphatic heterocycles. The second kappa shape index (κ2) is 5.04. The van der Waals surface area contributed by atoms with Gasteiger partial charge < -0.3 is 14.9 Å². The zero-order valence-electron chi connectivity index (χ0n) is 9.47. The van der Waals surface area contributed by atoms with Crippen molar-refractivity contribution in [2.45, 2.75) is 5.85 Å². The van der Waals surface area contributed by atoms with E-state index in [1.807, 2.05) is 30.3 Å². The molecule has 4 nitrogen and oxygen atoms in total. The summed E-state index contributed by atoms with van der Waals surface area (Å²) in [5, 5.41) is 9.46. The molecular formula is C13H13O4P. The van der Waals surface area contributed by atoms with Crippen LogP contribution in [0.25, 0.3) is 11.1 Å². The van der Waals surface area contributed by atoms with Crippen LogP contribution in [0.4, 0.5) is 0 Å². The van der Waals surface area contributed by atoms with Gasteiger partial charge in [0.2, 0.25) is 0 Å². The van der Waals surface area contributed by atoms with E-state index >= 15 is 0 Å². The molecule has 0 aromatic heterocycles. The molecule has 1 atom stereocenters. The highest BCUT2D eigenvalue weighted by Crippen LogP contribution is 2.49. The van der Waals surface area contributed by atoms with Crippen molar-refractivity contribution in [3.05, 3.63) is 60.2 Å². The van der Waals surface area contributed by atoms with Gasteiger partial charge in [0.25, 0.3) is 0 Å². The maximum Gasteiger partial charge on any atom is 0.358 e. The molecule has 0 fully saturated rings. The third-order valence-corrected chi connectivity index (χ3v) is 3.57. The van der Waals surface area contributed by atoms with Gasteiger partial charge in [0.05, 0.1) is 0 Å². The van der Waals surface area contributed by atoms with E-state index in [4.69, 9.17) is 9.79 Å². The van der Waals surface area contributed by atoms with Gasteiger partial charge in [-0.25, -0.2) is 0 Å². The molecule has 0 radical (unpaired) electrons. The predicted octanol–water partition coefficient (Wildman–Crippen LogP) is 2.52. The van der Waals surface area contributed by atoms with Crippen molar-refractivity contribution < 1.29 is 19.5 Å². The zero-order chi connectivity index (χ0) is 13.2. The summed E-state index contributed by atoms with van der Waals surface area (Å²) in [5.41, 5.74) is 2.15. The normalized spacial score (nSPS) is 13.3. The quantitative estimate of drug-likeness (QED) is 0.744. The molecule has 2 aromatic rings. The third kappa shape index (κ3) is 2.86. The Balaban J connectivity index is 2.29. The molecule has 2 aromatic carbocycles. The average Bonchev–Trinajstić information content (AvgIpc) is 2.38. The first kappa shape index (κ1) is 13.0. The van der Waals surface area contributed by atoms with Crippen molar-refractivity contribution in [3.8, 4) is 11.1 Å². The van der Waals surface area contributed by atoms with Crippen molar-refractivity contribution in [3.63, 3.8) is 0 Å². The lowest BCUT2D eigenvalue weighted by Gasteiger charge is -2.13. The molecule has 0 aliphatic rings. The summed E-state index contributed by atoms with van der Waals surface area (Å²) in [5.74, 6) is -1.76. The van der Waals surface area contributed by atoms with Gasteiger partial charge in [-0.3, -0.25) is 4.57 Å². The Labute approximate surface area is 105 Å². The lowest BCUT2D eigenvalue weighted by Crippen LogP contribution is -1.97. The first-order valence-corrected chi connectivity index (χ1v) is 7.05. The standard InChI is InChI=1S/C13H13O4P/c14-13(18(15,16)17)12-8-6-11(7-9-12)10-4-2-1-3-5-10/h1-9,13-14H,(H2,15,16,17)/t13-/m0/s1. The topological polar surface area (TPSA) is 77.8 Å². The van der Waals surface area contributed by atoms with Gasteiger partial charge in [0.15, 0.2) is 5.85 Å². The van der Waals surface area contributed by atoms with Crippen molar-refractivity contribution in [2.75, 3.05) is 0 Å². The Morgan fingerprint density at radius 3 is 1.83 bits per heavy atom. The Morgan fingerprint density at radius 1 is 0.833 bits per heavy atom. The number of benzene rings is 2. The fraction of sp³-hybridized carbons (Fsp3) is 0.0769. The van der Waals surface area contributed by atoms with Crippen LogP contribution in [0.3, 0.4) is 0 Å². The third-order valence-electron chi connectivity index (χ3n) is 2.63. The molecule has 0 heterocycles. The Hall–Kier alpha value is -1.45. The number of aliphatic hydroxyl groups is 1. The van der Waals surface area contributed by atoms with Crippen LogP contribution in [0.2, 0.25) is 0 Å². The fourth-order valence-electron chi connectivity index (χ4n) is 1.67. The van der Waals surface area contributed by atoms with E-state index in [2.05, 4.69) is 0 Å². The maximum absolute atomic E-state index is 10.9. The van der Waals surface area contributed by atoms with E-state index in [1.54, 1.807) is 12.1 Å². The highest BCUT2D eigenvalue weighted by molar-refractivity contribution is 7.51. The molecule has 5 heteroatoms. The molecule has 18 heavy (non-hydrogen) atoms. The van der Waals surface area contributed by atoms with Gasteiger partial charge in [-0.05, 0) is 16.7 Å². The van der Waals surface area contributed by atoms with Gasteiger partial charge in [-0.1, -0.05) is 54.6 Å². The molecule has 0 unspecified atom stereocenters. The van der Waals surface area contributed by atoms with Crippen LogP contribution in [0.5, 0.6) is 0 Å². The number of hydrogen-bond acceptors (Lipinski definition) is 2. The monoisotopic (exact) mass is 264 g/mol. The van der Waals surface area contributed by atoms with E-state index in [0.29, 0.717) is 0 Å². The van der Waals surface area contributed by atoms with Crippen LogP contribution in [0.1, 0.15) is 11.4 Å². The lowest BCUT2D eigenvalue weighted by molar-refractivity contribution is 0.205. The first-order valence-electron chi connectivity index (χ1n) is 5.37. The van der Waals surface area contributed by atoms with Crippen molar-refractivity contribution in [1.82, 2.24) is 0 Å². The summed E-state index contributed by atoms with van der Waals surface area (Å²) < 4.78 is 10.9. The van der Waals surface area contributed by atoms with Gasteiger partial charge in [0, 0.05) is 0 Å². The average molecular weight is 264 g/mol.